The summed E-state index contributed by atoms with van der Waals surface area (Å²) in [5.74, 6) is 0. The fourth-order valence-corrected chi connectivity index (χ4v) is 4.23. The van der Waals surface area contributed by atoms with Gasteiger partial charge in [-0.2, -0.15) is 0 Å². The van der Waals surface area contributed by atoms with Gasteiger partial charge in [0.25, 0.3) is 0 Å². The van der Waals surface area contributed by atoms with Crippen LogP contribution in [0.2, 0.25) is 0 Å². The van der Waals surface area contributed by atoms with Crippen molar-refractivity contribution in [1.29, 1.82) is 0 Å². The number of hydrogen-bond acceptors (Lipinski definition) is 8. The Kier molecular flexibility index (Phi) is 11.2. The van der Waals surface area contributed by atoms with Crippen molar-refractivity contribution >= 4 is 12.2 Å². The maximum absolute atomic E-state index is 13.4. The van der Waals surface area contributed by atoms with Crippen LogP contribution in [-0.4, -0.2) is 49.4 Å². The summed E-state index contributed by atoms with van der Waals surface area (Å²) in [7, 11) is 0. The number of nitrogens with one attached hydrogen (secondary N) is 1. The van der Waals surface area contributed by atoms with Crippen molar-refractivity contribution in [2.24, 2.45) is 0 Å². The highest BCUT2D eigenvalue weighted by Gasteiger charge is 2.30. The molecule has 4 aromatic rings. The standard InChI is InChI=1S/C31H33N5O5/c37-29(15-14-24-9-3-1-4-10-24)18-28(17-25-11-5-2-6-12-25)36(31(39)41-21-26-19-32-23-33-20-26)35-30(38)40-22-27-13-7-8-16-34-27/h1-13,16,19-20,23,28-29,37H,14-15,17-18,21-22H2,(H,35,38). The molecule has 2 N–H and O–H groups in total. The van der Waals surface area contributed by atoms with Crippen LogP contribution >= 0.6 is 0 Å². The van der Waals surface area contributed by atoms with E-state index >= 15 is 0 Å². The second-order valence-corrected chi connectivity index (χ2v) is 9.44. The average molecular weight is 556 g/mol. The molecule has 2 unspecified atom stereocenters. The fraction of sp³-hybridized carbons (Fsp3) is 0.258. The maximum Gasteiger partial charge on any atom is 0.429 e. The number of amides is 2. The van der Waals surface area contributed by atoms with Gasteiger partial charge in [-0.05, 0) is 48.9 Å². The molecule has 2 heterocycles. The lowest BCUT2D eigenvalue weighted by molar-refractivity contribution is 0.0304. The van der Waals surface area contributed by atoms with E-state index in [0.29, 0.717) is 30.5 Å². The highest BCUT2D eigenvalue weighted by Crippen LogP contribution is 2.18. The van der Waals surface area contributed by atoms with Crippen LogP contribution in [0.25, 0.3) is 0 Å². The highest BCUT2D eigenvalue weighted by atomic mass is 16.6. The molecule has 0 spiro atoms. The van der Waals surface area contributed by atoms with Crippen molar-refractivity contribution in [2.75, 3.05) is 0 Å². The Bertz CT molecular complexity index is 1330. The van der Waals surface area contributed by atoms with E-state index in [-0.39, 0.29) is 19.6 Å². The summed E-state index contributed by atoms with van der Waals surface area (Å²) in [6.45, 7) is -0.185. The summed E-state index contributed by atoms with van der Waals surface area (Å²) < 4.78 is 10.9. The van der Waals surface area contributed by atoms with Crippen molar-refractivity contribution in [3.63, 3.8) is 0 Å². The van der Waals surface area contributed by atoms with E-state index in [2.05, 4.69) is 20.4 Å². The predicted molar refractivity (Wildman–Crippen MR) is 151 cm³/mol. The number of nitrogens with zero attached hydrogens (tertiary/aromatic N) is 4. The van der Waals surface area contributed by atoms with Crippen LogP contribution in [0.15, 0.2) is 104 Å². The predicted octanol–water partition coefficient (Wildman–Crippen LogP) is 4.65. The Labute approximate surface area is 239 Å². The van der Waals surface area contributed by atoms with Crippen LogP contribution < -0.4 is 5.43 Å². The fourth-order valence-electron chi connectivity index (χ4n) is 4.23. The van der Waals surface area contributed by atoms with Gasteiger partial charge in [0.1, 0.15) is 19.5 Å². The number of rotatable bonds is 12. The number of aromatic nitrogens is 3. The zero-order chi connectivity index (χ0) is 28.7. The normalized spacial score (nSPS) is 12.1. The van der Waals surface area contributed by atoms with E-state index in [0.717, 1.165) is 16.1 Å². The first-order valence-corrected chi connectivity index (χ1v) is 13.4. The number of hydrazine groups is 1. The van der Waals surface area contributed by atoms with Crippen LogP contribution in [0.3, 0.4) is 0 Å². The van der Waals surface area contributed by atoms with Gasteiger partial charge in [0.05, 0.1) is 17.8 Å². The number of ether oxygens (including phenoxy) is 2. The van der Waals surface area contributed by atoms with Crippen molar-refractivity contribution in [2.45, 2.75) is 51.0 Å². The van der Waals surface area contributed by atoms with E-state index in [1.165, 1.54) is 18.7 Å². The van der Waals surface area contributed by atoms with Gasteiger partial charge < -0.3 is 14.6 Å². The number of aryl methyl sites for hydroxylation is 1. The third kappa shape index (κ3) is 10.0. The molecule has 2 amide bonds. The van der Waals surface area contributed by atoms with Crippen LogP contribution in [0.4, 0.5) is 9.59 Å². The van der Waals surface area contributed by atoms with E-state index in [9.17, 15) is 14.7 Å². The number of hydrogen-bond donors (Lipinski definition) is 2. The SMILES string of the molecule is O=C(NN(C(=O)OCc1cncnc1)C(Cc1ccccc1)CC(O)CCc1ccccc1)OCc1ccccn1. The second-order valence-electron chi connectivity index (χ2n) is 9.44. The number of carbonyl (C=O) groups is 2. The topological polar surface area (TPSA) is 127 Å². The van der Waals surface area contributed by atoms with Crippen molar-refractivity contribution < 1.29 is 24.2 Å². The lowest BCUT2D eigenvalue weighted by Gasteiger charge is -2.32. The Balaban J connectivity index is 1.50. The molecule has 0 radical (unpaired) electrons. The molecule has 0 saturated carbocycles. The summed E-state index contributed by atoms with van der Waals surface area (Å²) >= 11 is 0. The molecule has 0 aliphatic rings. The minimum atomic E-state index is -0.854. The van der Waals surface area contributed by atoms with Gasteiger partial charge in [-0.25, -0.2) is 30.0 Å². The van der Waals surface area contributed by atoms with Crippen LogP contribution in [-0.2, 0) is 35.5 Å². The third-order valence-corrected chi connectivity index (χ3v) is 6.29. The largest absolute Gasteiger partial charge is 0.443 e. The number of benzene rings is 2. The molecule has 212 valence electrons. The first-order chi connectivity index (χ1) is 20.1. The summed E-state index contributed by atoms with van der Waals surface area (Å²) in [5, 5.41) is 12.1. The first kappa shape index (κ1) is 29.2. The van der Waals surface area contributed by atoms with Gasteiger partial charge in [0.2, 0.25) is 0 Å². The first-order valence-electron chi connectivity index (χ1n) is 13.4. The lowest BCUT2D eigenvalue weighted by Crippen LogP contribution is -2.54. The molecular formula is C31H33N5O5. The summed E-state index contributed by atoms with van der Waals surface area (Å²) in [6, 6.07) is 24.0. The molecule has 2 atom stereocenters. The summed E-state index contributed by atoms with van der Waals surface area (Å²) in [6.07, 6.45) is 5.31. The summed E-state index contributed by atoms with van der Waals surface area (Å²) in [5.41, 5.74) is 5.71. The minimum absolute atomic E-state index is 0.0834. The molecule has 0 fully saturated rings. The lowest BCUT2D eigenvalue weighted by atomic mass is 9.97. The van der Waals surface area contributed by atoms with Crippen LogP contribution in [0, 0.1) is 0 Å². The molecule has 2 aromatic heterocycles. The van der Waals surface area contributed by atoms with Crippen molar-refractivity contribution in [1.82, 2.24) is 25.4 Å². The van der Waals surface area contributed by atoms with E-state index in [1.807, 2.05) is 60.7 Å². The monoisotopic (exact) mass is 555 g/mol. The average Bonchev–Trinajstić information content (AvgIpc) is 3.02. The Morgan fingerprint density at radius 1 is 0.829 bits per heavy atom. The van der Waals surface area contributed by atoms with Gasteiger partial charge in [0, 0.05) is 24.2 Å². The van der Waals surface area contributed by atoms with Gasteiger partial charge in [-0.3, -0.25) is 4.98 Å². The molecule has 4 rings (SSSR count). The van der Waals surface area contributed by atoms with Crippen LogP contribution in [0.1, 0.15) is 35.2 Å². The highest BCUT2D eigenvalue weighted by molar-refractivity contribution is 5.74. The van der Waals surface area contributed by atoms with Crippen molar-refractivity contribution in [3.05, 3.63) is 126 Å². The molecule has 0 bridgehead atoms. The Hall–Kier alpha value is -4.83. The number of pyridine rings is 1. The zero-order valence-corrected chi connectivity index (χ0v) is 22.6. The Morgan fingerprint density at radius 2 is 1.51 bits per heavy atom. The molecular weight excluding hydrogens is 522 g/mol. The number of aliphatic hydroxyl groups excluding tert-OH is 1. The van der Waals surface area contributed by atoms with Gasteiger partial charge in [-0.1, -0.05) is 66.7 Å². The van der Waals surface area contributed by atoms with Crippen LogP contribution in [0.5, 0.6) is 0 Å². The number of carbonyl (C=O) groups excluding carboxylic acids is 2. The Morgan fingerprint density at radius 3 is 2.20 bits per heavy atom. The quantitative estimate of drug-likeness (QED) is 0.242. The molecule has 2 aromatic carbocycles. The summed E-state index contributed by atoms with van der Waals surface area (Å²) in [4.78, 5) is 38.3. The van der Waals surface area contributed by atoms with E-state index in [4.69, 9.17) is 9.47 Å². The molecule has 10 nitrogen and oxygen atoms in total. The second kappa shape index (κ2) is 15.7. The van der Waals surface area contributed by atoms with E-state index < -0.39 is 24.3 Å². The van der Waals surface area contributed by atoms with E-state index in [1.54, 1.807) is 24.4 Å². The smallest absolute Gasteiger partial charge is 0.429 e. The maximum atomic E-state index is 13.4. The van der Waals surface area contributed by atoms with Gasteiger partial charge in [0.15, 0.2) is 0 Å². The molecule has 0 aliphatic carbocycles. The zero-order valence-electron chi connectivity index (χ0n) is 22.6. The van der Waals surface area contributed by atoms with Gasteiger partial charge in [-0.15, -0.1) is 0 Å². The van der Waals surface area contributed by atoms with Crippen molar-refractivity contribution in [3.8, 4) is 0 Å². The third-order valence-electron chi connectivity index (χ3n) is 6.29. The number of aliphatic hydroxyl groups is 1. The molecule has 10 heteroatoms. The van der Waals surface area contributed by atoms with Gasteiger partial charge >= 0.3 is 12.2 Å². The molecule has 41 heavy (non-hydrogen) atoms. The molecule has 0 saturated heterocycles. The minimum Gasteiger partial charge on any atom is -0.443 e. The molecule has 0 aliphatic heterocycles.